The lowest BCUT2D eigenvalue weighted by molar-refractivity contribution is -0.138. The Labute approximate surface area is 94.0 Å². The number of nitrogens with zero attached hydrogens (tertiary/aromatic N) is 1. The highest BCUT2D eigenvalue weighted by molar-refractivity contribution is 5.86. The first kappa shape index (κ1) is 10.7. The van der Waals surface area contributed by atoms with Crippen molar-refractivity contribution < 1.29 is 9.59 Å². The van der Waals surface area contributed by atoms with Gasteiger partial charge in [0.1, 0.15) is 6.04 Å². The average molecular weight is 218 g/mol. The Morgan fingerprint density at radius 2 is 1.94 bits per heavy atom. The minimum Gasteiger partial charge on any atom is -0.368 e. The summed E-state index contributed by atoms with van der Waals surface area (Å²) in [6, 6.07) is 7.31. The van der Waals surface area contributed by atoms with Gasteiger partial charge in [0.25, 0.3) is 0 Å². The SMILES string of the molecule is CC(=O)N1Cc2ccccc2C[C@H]1C(N)=O. The molecule has 1 aromatic rings. The Bertz CT molecular complexity index is 401. The monoisotopic (exact) mass is 218 g/mol. The quantitative estimate of drug-likeness (QED) is 0.743. The molecule has 0 aromatic heterocycles. The van der Waals surface area contributed by atoms with Gasteiger partial charge in [0.05, 0.1) is 0 Å². The molecule has 2 amide bonds. The number of carbonyl (C=O) groups is 2. The van der Waals surface area contributed by atoms with Crippen LogP contribution in [0.2, 0.25) is 0 Å². The topological polar surface area (TPSA) is 63.4 Å². The van der Waals surface area contributed by atoms with Gasteiger partial charge in [-0.2, -0.15) is 0 Å². The van der Waals surface area contributed by atoms with E-state index < -0.39 is 11.9 Å². The lowest BCUT2D eigenvalue weighted by Gasteiger charge is -2.34. The smallest absolute Gasteiger partial charge is 0.240 e. The Kier molecular flexibility index (Phi) is 2.64. The molecule has 0 saturated heterocycles. The van der Waals surface area contributed by atoms with Gasteiger partial charge in [0.15, 0.2) is 0 Å². The Morgan fingerprint density at radius 1 is 1.31 bits per heavy atom. The second-order valence-electron chi connectivity index (χ2n) is 4.04. The average Bonchev–Trinajstić information content (AvgIpc) is 2.27. The molecule has 1 aliphatic rings. The molecule has 1 heterocycles. The van der Waals surface area contributed by atoms with Gasteiger partial charge >= 0.3 is 0 Å². The van der Waals surface area contributed by atoms with E-state index in [0.29, 0.717) is 13.0 Å². The molecule has 4 nitrogen and oxygen atoms in total. The first-order chi connectivity index (χ1) is 7.59. The lowest BCUT2D eigenvalue weighted by atomic mass is 9.93. The zero-order chi connectivity index (χ0) is 11.7. The van der Waals surface area contributed by atoms with E-state index in [-0.39, 0.29) is 5.91 Å². The third kappa shape index (κ3) is 1.78. The van der Waals surface area contributed by atoms with Crippen molar-refractivity contribution in [1.82, 2.24) is 4.90 Å². The predicted octanol–water partition coefficient (Wildman–Crippen LogP) is 0.445. The van der Waals surface area contributed by atoms with Crippen LogP contribution in [0.3, 0.4) is 0 Å². The first-order valence-electron chi connectivity index (χ1n) is 5.23. The minimum atomic E-state index is -0.507. The van der Waals surface area contributed by atoms with Crippen LogP contribution in [-0.2, 0) is 22.6 Å². The molecule has 1 aromatic carbocycles. The third-order valence-electron chi connectivity index (χ3n) is 2.98. The van der Waals surface area contributed by atoms with E-state index in [1.54, 1.807) is 0 Å². The van der Waals surface area contributed by atoms with E-state index in [1.807, 2.05) is 24.3 Å². The molecule has 16 heavy (non-hydrogen) atoms. The van der Waals surface area contributed by atoms with Crippen molar-refractivity contribution in [3.8, 4) is 0 Å². The fourth-order valence-corrected chi connectivity index (χ4v) is 2.11. The first-order valence-corrected chi connectivity index (χ1v) is 5.23. The van der Waals surface area contributed by atoms with Crippen molar-refractivity contribution in [1.29, 1.82) is 0 Å². The summed E-state index contributed by atoms with van der Waals surface area (Å²) < 4.78 is 0. The van der Waals surface area contributed by atoms with Gasteiger partial charge < -0.3 is 10.6 Å². The summed E-state index contributed by atoms with van der Waals surface area (Å²) in [5.74, 6) is -0.553. The summed E-state index contributed by atoms with van der Waals surface area (Å²) in [5, 5.41) is 0. The van der Waals surface area contributed by atoms with Crippen LogP contribution in [0.15, 0.2) is 24.3 Å². The molecule has 0 bridgehead atoms. The van der Waals surface area contributed by atoms with Crippen LogP contribution in [0.25, 0.3) is 0 Å². The van der Waals surface area contributed by atoms with Crippen LogP contribution in [0.5, 0.6) is 0 Å². The molecule has 0 aliphatic carbocycles. The molecule has 0 radical (unpaired) electrons. The van der Waals surface area contributed by atoms with E-state index in [1.165, 1.54) is 11.8 Å². The fourth-order valence-electron chi connectivity index (χ4n) is 2.11. The molecular weight excluding hydrogens is 204 g/mol. The van der Waals surface area contributed by atoms with Gasteiger partial charge in [-0.25, -0.2) is 0 Å². The Morgan fingerprint density at radius 3 is 2.50 bits per heavy atom. The summed E-state index contributed by atoms with van der Waals surface area (Å²) in [4.78, 5) is 24.3. The number of benzene rings is 1. The van der Waals surface area contributed by atoms with Crippen LogP contribution in [-0.4, -0.2) is 22.8 Å². The van der Waals surface area contributed by atoms with E-state index in [4.69, 9.17) is 5.73 Å². The minimum absolute atomic E-state index is 0.113. The third-order valence-corrected chi connectivity index (χ3v) is 2.98. The Balaban J connectivity index is 2.37. The highest BCUT2D eigenvalue weighted by Crippen LogP contribution is 2.23. The highest BCUT2D eigenvalue weighted by atomic mass is 16.2. The fraction of sp³-hybridized carbons (Fsp3) is 0.333. The van der Waals surface area contributed by atoms with Crippen LogP contribution < -0.4 is 5.73 Å². The van der Waals surface area contributed by atoms with E-state index in [2.05, 4.69) is 0 Å². The van der Waals surface area contributed by atoms with Crippen molar-refractivity contribution in [2.45, 2.75) is 25.9 Å². The van der Waals surface area contributed by atoms with E-state index >= 15 is 0 Å². The van der Waals surface area contributed by atoms with Gasteiger partial charge in [-0.3, -0.25) is 9.59 Å². The van der Waals surface area contributed by atoms with Crippen molar-refractivity contribution >= 4 is 11.8 Å². The molecule has 4 heteroatoms. The molecule has 1 atom stereocenters. The summed E-state index contributed by atoms with van der Waals surface area (Å²) in [5.41, 5.74) is 7.51. The summed E-state index contributed by atoms with van der Waals surface area (Å²) in [6.45, 7) is 1.93. The number of hydrogen-bond acceptors (Lipinski definition) is 2. The number of hydrogen-bond donors (Lipinski definition) is 1. The van der Waals surface area contributed by atoms with Gasteiger partial charge in [0.2, 0.25) is 11.8 Å². The Hall–Kier alpha value is -1.84. The maximum atomic E-state index is 11.4. The predicted molar refractivity (Wildman–Crippen MR) is 59.4 cm³/mol. The van der Waals surface area contributed by atoms with Gasteiger partial charge in [-0.05, 0) is 11.1 Å². The molecular formula is C12H14N2O2. The highest BCUT2D eigenvalue weighted by Gasteiger charge is 2.31. The maximum absolute atomic E-state index is 11.4. The summed E-state index contributed by atoms with van der Waals surface area (Å²) >= 11 is 0. The van der Waals surface area contributed by atoms with Crippen molar-refractivity contribution in [2.24, 2.45) is 5.73 Å². The number of nitrogens with two attached hydrogens (primary N) is 1. The van der Waals surface area contributed by atoms with Crippen molar-refractivity contribution in [3.05, 3.63) is 35.4 Å². The van der Waals surface area contributed by atoms with Crippen molar-refractivity contribution in [3.63, 3.8) is 0 Å². The van der Waals surface area contributed by atoms with Crippen LogP contribution in [0.1, 0.15) is 18.1 Å². The number of rotatable bonds is 1. The van der Waals surface area contributed by atoms with Crippen LogP contribution in [0.4, 0.5) is 0 Å². The molecule has 0 fully saturated rings. The molecule has 84 valence electrons. The number of primary amides is 1. The number of amides is 2. The largest absolute Gasteiger partial charge is 0.368 e. The maximum Gasteiger partial charge on any atom is 0.240 e. The molecule has 1 aliphatic heterocycles. The van der Waals surface area contributed by atoms with E-state index in [9.17, 15) is 9.59 Å². The number of carbonyl (C=O) groups excluding carboxylic acids is 2. The summed E-state index contributed by atoms with van der Waals surface area (Å²) in [6.07, 6.45) is 0.519. The standard InChI is InChI=1S/C12H14N2O2/c1-8(15)14-7-10-5-3-2-4-9(10)6-11(14)12(13)16/h2-5,11H,6-7H2,1H3,(H2,13,16)/t11-/m0/s1. The van der Waals surface area contributed by atoms with Gasteiger partial charge in [-0.1, -0.05) is 24.3 Å². The molecule has 0 unspecified atom stereocenters. The molecule has 0 saturated carbocycles. The number of fused-ring (bicyclic) bond motifs is 1. The molecule has 0 spiro atoms. The van der Waals surface area contributed by atoms with Crippen LogP contribution in [0, 0.1) is 0 Å². The van der Waals surface area contributed by atoms with Gasteiger partial charge in [-0.15, -0.1) is 0 Å². The second-order valence-corrected chi connectivity index (χ2v) is 4.04. The van der Waals surface area contributed by atoms with Gasteiger partial charge in [0, 0.05) is 19.9 Å². The molecule has 2 rings (SSSR count). The molecule has 2 N–H and O–H groups in total. The lowest BCUT2D eigenvalue weighted by Crippen LogP contribution is -2.50. The summed E-state index contributed by atoms with van der Waals surface area (Å²) in [7, 11) is 0. The van der Waals surface area contributed by atoms with E-state index in [0.717, 1.165) is 11.1 Å². The zero-order valence-electron chi connectivity index (χ0n) is 9.14. The second kappa shape index (κ2) is 3.96. The van der Waals surface area contributed by atoms with Crippen molar-refractivity contribution in [2.75, 3.05) is 0 Å². The normalized spacial score (nSPS) is 19.1. The van der Waals surface area contributed by atoms with Crippen LogP contribution >= 0.6 is 0 Å². The zero-order valence-corrected chi connectivity index (χ0v) is 9.14.